The molecule has 1 heterocycles. The van der Waals surface area contributed by atoms with Crippen LogP contribution >= 0.6 is 0 Å². The maximum absolute atomic E-state index is 14.7. The minimum absolute atomic E-state index is 0.0635. The highest BCUT2D eigenvalue weighted by Gasteiger charge is 2.36. The molecule has 0 aliphatic rings. The summed E-state index contributed by atoms with van der Waals surface area (Å²) in [6, 6.07) is 3.03. The lowest BCUT2D eigenvalue weighted by Crippen LogP contribution is -2.40. The number of benzene rings is 2. The van der Waals surface area contributed by atoms with Crippen molar-refractivity contribution in [1.82, 2.24) is 14.8 Å². The summed E-state index contributed by atoms with van der Waals surface area (Å²) in [7, 11) is 0. The molecular formula is C42H50F7N3O4. The van der Waals surface area contributed by atoms with Crippen LogP contribution in [0.1, 0.15) is 98.3 Å². The molecule has 0 unspecified atom stereocenters. The highest BCUT2D eigenvalue weighted by Crippen LogP contribution is 2.39. The van der Waals surface area contributed by atoms with Crippen LogP contribution in [0.3, 0.4) is 0 Å². The van der Waals surface area contributed by atoms with Crippen LogP contribution in [0, 0.1) is 12.7 Å². The van der Waals surface area contributed by atoms with E-state index in [0.717, 1.165) is 22.9 Å². The van der Waals surface area contributed by atoms with Gasteiger partial charge in [-0.15, -0.1) is 13.2 Å². The van der Waals surface area contributed by atoms with Crippen molar-refractivity contribution in [3.05, 3.63) is 117 Å². The number of allylic oxidation sites excluding steroid dienone is 2. The van der Waals surface area contributed by atoms with Crippen molar-refractivity contribution >= 4 is 11.9 Å². The molecule has 1 amide bonds. The Balaban J connectivity index is 2.22. The predicted molar refractivity (Wildman–Crippen MR) is 203 cm³/mol. The first-order chi connectivity index (χ1) is 26.4. The van der Waals surface area contributed by atoms with E-state index in [-0.39, 0.29) is 42.7 Å². The maximum Gasteiger partial charge on any atom is 0.416 e. The number of hydrogen-bond acceptors (Lipinski definition) is 5. The number of amides is 1. The highest BCUT2D eigenvalue weighted by atomic mass is 19.4. The molecule has 0 bridgehead atoms. The van der Waals surface area contributed by atoms with Crippen molar-refractivity contribution in [2.75, 3.05) is 26.2 Å². The SMILES string of the molecule is C=CCCCCc1cc(F)cc(C)c1-c1cc([C@H](CC(=O)OCC)NC(=O)[C@H](CC=C)n2cc(CCN(CC)CC)c(C(F)(F)F)cc2=O)cc(C(F)(F)F)c1. The first-order valence-electron chi connectivity index (χ1n) is 18.6. The second-order valence-corrected chi connectivity index (χ2v) is 13.5. The minimum atomic E-state index is -4.89. The van der Waals surface area contributed by atoms with Crippen molar-refractivity contribution in [3.63, 3.8) is 0 Å². The number of nitrogens with one attached hydrogen (secondary N) is 1. The fourth-order valence-corrected chi connectivity index (χ4v) is 6.72. The predicted octanol–water partition coefficient (Wildman–Crippen LogP) is 9.71. The van der Waals surface area contributed by atoms with Crippen molar-refractivity contribution in [3.8, 4) is 11.1 Å². The average Bonchev–Trinajstić information content (AvgIpc) is 3.12. The van der Waals surface area contributed by atoms with E-state index in [1.165, 1.54) is 31.2 Å². The van der Waals surface area contributed by atoms with Crippen molar-refractivity contribution in [2.24, 2.45) is 0 Å². The lowest BCUT2D eigenvalue weighted by Gasteiger charge is -2.26. The van der Waals surface area contributed by atoms with E-state index >= 15 is 0 Å². The second-order valence-electron chi connectivity index (χ2n) is 13.5. The number of pyridine rings is 1. The standard InChI is InChI=1S/C42H50F7N3O4/c1-7-12-13-14-16-28-23-33(43)19-27(6)39(28)31-20-30(21-32(22-31)41(44,45)46)35(25-38(54)56-11-5)50-40(55)36(15-8-2)52-26-29(17-18-51(9-3)10-4)34(24-37(52)53)42(47,48)49/h7-8,19-24,26,35-36H,1-2,9-18,25H2,3-6H3,(H,50,55)/t35-,36-/m0/s1. The number of alkyl halides is 6. The molecule has 0 aliphatic carbocycles. The van der Waals surface area contributed by atoms with Crippen LogP contribution in [-0.2, 0) is 39.5 Å². The van der Waals surface area contributed by atoms with Crippen LogP contribution in [0.2, 0.25) is 0 Å². The molecule has 7 nitrogen and oxygen atoms in total. The first-order valence-corrected chi connectivity index (χ1v) is 18.6. The molecular weight excluding hydrogens is 743 g/mol. The molecule has 1 aromatic heterocycles. The molecule has 3 rings (SSSR count). The van der Waals surface area contributed by atoms with Gasteiger partial charge in [-0.3, -0.25) is 14.4 Å². The molecule has 0 saturated carbocycles. The summed E-state index contributed by atoms with van der Waals surface area (Å²) in [6.07, 6.45) is -4.40. The molecule has 2 atom stereocenters. The van der Waals surface area contributed by atoms with Gasteiger partial charge in [0.2, 0.25) is 5.91 Å². The molecule has 0 radical (unpaired) electrons. The summed E-state index contributed by atoms with van der Waals surface area (Å²) < 4.78 is 107. The number of aryl methyl sites for hydroxylation is 2. The van der Waals surface area contributed by atoms with E-state index in [1.54, 1.807) is 13.0 Å². The number of rotatable bonds is 20. The smallest absolute Gasteiger partial charge is 0.416 e. The summed E-state index contributed by atoms with van der Waals surface area (Å²) in [4.78, 5) is 42.2. The van der Waals surface area contributed by atoms with Gasteiger partial charge >= 0.3 is 18.3 Å². The third-order valence-corrected chi connectivity index (χ3v) is 9.54. The zero-order valence-electron chi connectivity index (χ0n) is 32.2. The Morgan fingerprint density at radius 1 is 0.911 bits per heavy atom. The van der Waals surface area contributed by atoms with Crippen LogP contribution in [0.5, 0.6) is 0 Å². The summed E-state index contributed by atoms with van der Waals surface area (Å²) in [6.45, 7) is 15.4. The Hall–Kier alpha value is -4.72. The molecule has 56 heavy (non-hydrogen) atoms. The number of nitrogens with zero attached hydrogens (tertiary/aromatic N) is 2. The van der Waals surface area contributed by atoms with Gasteiger partial charge in [-0.1, -0.05) is 26.0 Å². The van der Waals surface area contributed by atoms with Crippen LogP contribution in [0.25, 0.3) is 11.1 Å². The molecule has 0 spiro atoms. The van der Waals surface area contributed by atoms with E-state index in [2.05, 4.69) is 18.5 Å². The number of unbranched alkanes of at least 4 members (excludes halogenated alkanes) is 2. The fourth-order valence-electron chi connectivity index (χ4n) is 6.72. The van der Waals surface area contributed by atoms with Crippen molar-refractivity contribution in [2.45, 2.75) is 97.1 Å². The van der Waals surface area contributed by atoms with Gasteiger partial charge in [0.1, 0.15) is 11.9 Å². The molecule has 0 fully saturated rings. The maximum atomic E-state index is 14.7. The monoisotopic (exact) mass is 793 g/mol. The van der Waals surface area contributed by atoms with Gasteiger partial charge in [0, 0.05) is 18.8 Å². The number of carbonyl (C=O) groups is 2. The van der Waals surface area contributed by atoms with E-state index in [4.69, 9.17) is 4.74 Å². The fraction of sp³-hybridized carbons (Fsp3) is 0.452. The Kier molecular flexibility index (Phi) is 16.7. The zero-order chi connectivity index (χ0) is 41.8. The Morgan fingerprint density at radius 3 is 2.20 bits per heavy atom. The lowest BCUT2D eigenvalue weighted by molar-refractivity contribution is -0.144. The number of halogens is 7. The number of esters is 1. The quantitative estimate of drug-likeness (QED) is 0.0534. The summed E-state index contributed by atoms with van der Waals surface area (Å²) in [5.74, 6) is -2.38. The van der Waals surface area contributed by atoms with E-state index in [1.807, 2.05) is 18.7 Å². The number of hydrogen-bond donors (Lipinski definition) is 1. The third kappa shape index (κ3) is 12.4. The Morgan fingerprint density at radius 2 is 1.61 bits per heavy atom. The molecule has 14 heteroatoms. The van der Waals surface area contributed by atoms with Gasteiger partial charge in [-0.25, -0.2) is 4.39 Å². The molecule has 0 aliphatic heterocycles. The van der Waals surface area contributed by atoms with Gasteiger partial charge in [0.05, 0.1) is 30.2 Å². The summed E-state index contributed by atoms with van der Waals surface area (Å²) >= 11 is 0. The molecule has 0 saturated heterocycles. The van der Waals surface area contributed by atoms with Crippen LogP contribution in [0.15, 0.2) is 72.7 Å². The molecule has 2 aromatic carbocycles. The van der Waals surface area contributed by atoms with Gasteiger partial charge in [-0.05, 0) is 129 Å². The third-order valence-electron chi connectivity index (χ3n) is 9.54. The normalized spacial score (nSPS) is 13.0. The van der Waals surface area contributed by atoms with Gasteiger partial charge in [0.15, 0.2) is 0 Å². The topological polar surface area (TPSA) is 80.6 Å². The largest absolute Gasteiger partial charge is 0.466 e. The van der Waals surface area contributed by atoms with Crippen LogP contribution < -0.4 is 10.9 Å². The lowest BCUT2D eigenvalue weighted by atomic mass is 9.88. The van der Waals surface area contributed by atoms with E-state index in [0.29, 0.717) is 61.5 Å². The van der Waals surface area contributed by atoms with E-state index in [9.17, 15) is 45.1 Å². The summed E-state index contributed by atoms with van der Waals surface area (Å²) in [5, 5.41) is 2.60. The van der Waals surface area contributed by atoms with Crippen LogP contribution in [0.4, 0.5) is 30.7 Å². The van der Waals surface area contributed by atoms with Gasteiger partial charge < -0.3 is 19.5 Å². The molecule has 3 aromatic rings. The Labute approximate surface area is 323 Å². The Bertz CT molecular complexity index is 1900. The summed E-state index contributed by atoms with van der Waals surface area (Å²) in [5.41, 5.74) is -2.50. The zero-order valence-corrected chi connectivity index (χ0v) is 32.2. The highest BCUT2D eigenvalue weighted by molar-refractivity contribution is 5.82. The first kappa shape index (κ1) is 45.7. The molecule has 1 N–H and O–H groups in total. The number of likely N-dealkylation sites (N-methyl/N-ethyl adjacent to an activating group) is 1. The average molecular weight is 794 g/mol. The number of ether oxygens (including phenoxy) is 1. The number of aromatic nitrogens is 1. The van der Waals surface area contributed by atoms with Crippen molar-refractivity contribution in [1.29, 1.82) is 0 Å². The van der Waals surface area contributed by atoms with Crippen LogP contribution in [-0.4, -0.2) is 47.6 Å². The minimum Gasteiger partial charge on any atom is -0.466 e. The van der Waals surface area contributed by atoms with Gasteiger partial charge in [-0.2, -0.15) is 26.3 Å². The van der Waals surface area contributed by atoms with Crippen molar-refractivity contribution < 1.29 is 45.1 Å². The second kappa shape index (κ2) is 20.4. The molecule has 306 valence electrons. The van der Waals surface area contributed by atoms with E-state index < -0.39 is 65.2 Å². The van der Waals surface area contributed by atoms with Gasteiger partial charge in [0.25, 0.3) is 5.56 Å². The number of carbonyl (C=O) groups excluding carboxylic acids is 2.